The molecule has 0 unspecified atom stereocenters. The zero-order valence-electron chi connectivity index (χ0n) is 12.3. The van der Waals surface area contributed by atoms with Crippen molar-refractivity contribution in [1.82, 2.24) is 5.32 Å². The van der Waals surface area contributed by atoms with Crippen molar-refractivity contribution in [2.24, 2.45) is 0 Å². The van der Waals surface area contributed by atoms with Crippen LogP contribution in [0.1, 0.15) is 11.1 Å². The van der Waals surface area contributed by atoms with Crippen molar-refractivity contribution >= 4 is 23.6 Å². The van der Waals surface area contributed by atoms with Crippen molar-refractivity contribution < 1.29 is 9.59 Å². The maximum Gasteiger partial charge on any atom is 0.244 e. The van der Waals surface area contributed by atoms with E-state index in [9.17, 15) is 9.59 Å². The first-order valence-electron chi connectivity index (χ1n) is 6.98. The van der Waals surface area contributed by atoms with Crippen LogP contribution in [0.2, 0.25) is 0 Å². The van der Waals surface area contributed by atoms with Gasteiger partial charge in [-0.15, -0.1) is 0 Å². The second-order valence-electron chi connectivity index (χ2n) is 4.70. The number of amides is 2. The van der Waals surface area contributed by atoms with Crippen molar-refractivity contribution in [3.63, 3.8) is 0 Å². The van der Waals surface area contributed by atoms with Gasteiger partial charge in [-0.05, 0) is 29.8 Å². The third-order valence-electron chi connectivity index (χ3n) is 2.93. The molecule has 5 nitrogen and oxygen atoms in total. The van der Waals surface area contributed by atoms with Crippen LogP contribution in [0.15, 0.2) is 60.7 Å². The van der Waals surface area contributed by atoms with Crippen LogP contribution < -0.4 is 10.6 Å². The first-order chi connectivity index (χ1) is 11.2. The highest BCUT2D eigenvalue weighted by Gasteiger charge is 2.04. The van der Waals surface area contributed by atoms with Gasteiger partial charge in [0.1, 0.15) is 0 Å². The number of carbonyl (C=O) groups excluding carboxylic acids is 2. The fourth-order valence-electron chi connectivity index (χ4n) is 1.83. The standard InChI is InChI=1S/C18H15N3O2/c19-12-15-7-4-8-16(11-15)21-18(23)13-20-17(22)10-9-14-5-2-1-3-6-14/h1-11H,13H2,(H,20,22)(H,21,23)/b10-9+. The van der Waals surface area contributed by atoms with Gasteiger partial charge in [0, 0.05) is 11.8 Å². The van der Waals surface area contributed by atoms with Gasteiger partial charge in [0.2, 0.25) is 11.8 Å². The number of rotatable bonds is 5. The van der Waals surface area contributed by atoms with Gasteiger partial charge >= 0.3 is 0 Å². The summed E-state index contributed by atoms with van der Waals surface area (Å²) < 4.78 is 0. The van der Waals surface area contributed by atoms with Gasteiger partial charge in [-0.25, -0.2) is 0 Å². The van der Waals surface area contributed by atoms with Crippen molar-refractivity contribution in [3.05, 3.63) is 71.8 Å². The van der Waals surface area contributed by atoms with Crippen LogP contribution in [0.3, 0.4) is 0 Å². The second kappa shape index (κ2) is 8.15. The number of nitrogens with one attached hydrogen (secondary N) is 2. The molecule has 23 heavy (non-hydrogen) atoms. The molecule has 0 aliphatic rings. The molecule has 2 rings (SSSR count). The van der Waals surface area contributed by atoms with E-state index in [1.165, 1.54) is 6.08 Å². The number of carbonyl (C=O) groups is 2. The third kappa shape index (κ3) is 5.48. The molecule has 0 atom stereocenters. The number of hydrogen-bond acceptors (Lipinski definition) is 3. The summed E-state index contributed by atoms with van der Waals surface area (Å²) in [5.74, 6) is -0.712. The third-order valence-corrected chi connectivity index (χ3v) is 2.93. The fourth-order valence-corrected chi connectivity index (χ4v) is 1.83. The van der Waals surface area contributed by atoms with E-state index in [1.54, 1.807) is 30.3 Å². The lowest BCUT2D eigenvalue weighted by molar-refractivity contribution is -0.121. The first kappa shape index (κ1) is 16.0. The van der Waals surface area contributed by atoms with Gasteiger partial charge in [0.25, 0.3) is 0 Å². The summed E-state index contributed by atoms with van der Waals surface area (Å²) in [5.41, 5.74) is 1.88. The minimum atomic E-state index is -0.360. The topological polar surface area (TPSA) is 82.0 Å². The molecule has 0 fully saturated rings. The van der Waals surface area contributed by atoms with Gasteiger partial charge in [0.05, 0.1) is 18.2 Å². The van der Waals surface area contributed by atoms with Crippen LogP contribution in [0.25, 0.3) is 6.08 Å². The number of benzene rings is 2. The van der Waals surface area contributed by atoms with E-state index in [1.807, 2.05) is 36.4 Å². The lowest BCUT2D eigenvalue weighted by Gasteiger charge is -2.05. The molecule has 0 saturated carbocycles. The second-order valence-corrected chi connectivity index (χ2v) is 4.70. The molecule has 0 spiro atoms. The minimum Gasteiger partial charge on any atom is -0.343 e. The molecule has 0 aliphatic carbocycles. The maximum absolute atomic E-state index is 11.8. The Morgan fingerprint density at radius 1 is 1.09 bits per heavy atom. The molecule has 0 saturated heterocycles. The van der Waals surface area contributed by atoms with Crippen molar-refractivity contribution in [3.8, 4) is 6.07 Å². The molecule has 2 aromatic carbocycles. The van der Waals surface area contributed by atoms with Crippen LogP contribution in [-0.2, 0) is 9.59 Å². The molecule has 5 heteroatoms. The van der Waals surface area contributed by atoms with Crippen LogP contribution in [0.5, 0.6) is 0 Å². The van der Waals surface area contributed by atoms with Crippen molar-refractivity contribution in [2.45, 2.75) is 0 Å². The number of nitrogens with zero attached hydrogens (tertiary/aromatic N) is 1. The van der Waals surface area contributed by atoms with Crippen LogP contribution in [-0.4, -0.2) is 18.4 Å². The highest BCUT2D eigenvalue weighted by molar-refractivity contribution is 5.98. The van der Waals surface area contributed by atoms with Crippen LogP contribution in [0, 0.1) is 11.3 Å². The zero-order valence-corrected chi connectivity index (χ0v) is 12.3. The molecular weight excluding hydrogens is 290 g/mol. The minimum absolute atomic E-state index is 0.144. The van der Waals surface area contributed by atoms with E-state index < -0.39 is 0 Å². The highest BCUT2D eigenvalue weighted by atomic mass is 16.2. The number of anilines is 1. The molecular formula is C18H15N3O2. The predicted octanol–water partition coefficient (Wildman–Crippen LogP) is 2.33. The summed E-state index contributed by atoms with van der Waals surface area (Å²) in [6, 6.07) is 17.9. The Kier molecular flexibility index (Phi) is 5.67. The highest BCUT2D eigenvalue weighted by Crippen LogP contribution is 2.09. The largest absolute Gasteiger partial charge is 0.343 e. The molecule has 0 aromatic heterocycles. The fraction of sp³-hybridized carbons (Fsp3) is 0.0556. The van der Waals surface area contributed by atoms with E-state index in [-0.39, 0.29) is 18.4 Å². The molecule has 2 N–H and O–H groups in total. The zero-order chi connectivity index (χ0) is 16.5. The maximum atomic E-state index is 11.8. The Hall–Kier alpha value is -3.39. The Balaban J connectivity index is 1.81. The van der Waals surface area contributed by atoms with Gasteiger partial charge in [-0.2, -0.15) is 5.26 Å². The molecule has 2 amide bonds. The molecule has 0 aliphatic heterocycles. The first-order valence-corrected chi connectivity index (χ1v) is 6.98. The van der Waals surface area contributed by atoms with Crippen molar-refractivity contribution in [2.75, 3.05) is 11.9 Å². The lowest BCUT2D eigenvalue weighted by atomic mass is 10.2. The van der Waals surface area contributed by atoms with Gasteiger partial charge in [-0.1, -0.05) is 36.4 Å². The van der Waals surface area contributed by atoms with Gasteiger partial charge < -0.3 is 10.6 Å². The van der Waals surface area contributed by atoms with Crippen molar-refractivity contribution in [1.29, 1.82) is 5.26 Å². The summed E-state index contributed by atoms with van der Waals surface area (Å²) in [6.07, 6.45) is 3.04. The predicted molar refractivity (Wildman–Crippen MR) is 88.3 cm³/mol. The number of nitriles is 1. The Morgan fingerprint density at radius 3 is 2.61 bits per heavy atom. The molecule has 0 bridgehead atoms. The molecule has 114 valence electrons. The van der Waals surface area contributed by atoms with E-state index in [0.29, 0.717) is 11.3 Å². The molecule has 0 heterocycles. The summed E-state index contributed by atoms with van der Waals surface area (Å²) in [4.78, 5) is 23.4. The quantitative estimate of drug-likeness (QED) is 0.832. The van der Waals surface area contributed by atoms with Gasteiger partial charge in [-0.3, -0.25) is 9.59 Å². The lowest BCUT2D eigenvalue weighted by Crippen LogP contribution is -2.31. The Bertz CT molecular complexity index is 761. The van der Waals surface area contributed by atoms with E-state index in [0.717, 1.165) is 5.56 Å². The molecule has 2 aromatic rings. The molecule has 0 radical (unpaired) electrons. The smallest absolute Gasteiger partial charge is 0.244 e. The van der Waals surface area contributed by atoms with E-state index in [2.05, 4.69) is 10.6 Å². The Morgan fingerprint density at radius 2 is 1.87 bits per heavy atom. The van der Waals surface area contributed by atoms with E-state index in [4.69, 9.17) is 5.26 Å². The van der Waals surface area contributed by atoms with Crippen LogP contribution >= 0.6 is 0 Å². The average Bonchev–Trinajstić information content (AvgIpc) is 2.59. The summed E-state index contributed by atoms with van der Waals surface area (Å²) in [7, 11) is 0. The summed E-state index contributed by atoms with van der Waals surface area (Å²) in [6.45, 7) is -0.144. The van der Waals surface area contributed by atoms with E-state index >= 15 is 0 Å². The Labute approximate surface area is 134 Å². The average molecular weight is 305 g/mol. The van der Waals surface area contributed by atoms with Crippen LogP contribution in [0.4, 0.5) is 5.69 Å². The normalized spacial score (nSPS) is 10.0. The summed E-state index contributed by atoms with van der Waals surface area (Å²) in [5, 5.41) is 13.9. The number of hydrogen-bond donors (Lipinski definition) is 2. The monoisotopic (exact) mass is 305 g/mol. The summed E-state index contributed by atoms with van der Waals surface area (Å²) >= 11 is 0. The van der Waals surface area contributed by atoms with Gasteiger partial charge in [0.15, 0.2) is 0 Å². The SMILES string of the molecule is N#Cc1cccc(NC(=O)CNC(=O)/C=C/c2ccccc2)c1.